The van der Waals surface area contributed by atoms with Gasteiger partial charge >= 0.3 is 6.03 Å². The molecule has 5 heteroatoms. The Morgan fingerprint density at radius 2 is 1.48 bits per heavy atom. The van der Waals surface area contributed by atoms with Gasteiger partial charge in [-0.15, -0.1) is 0 Å². The number of carbonyl (C=O) groups is 1. The van der Waals surface area contributed by atoms with E-state index in [1.165, 1.54) is 0 Å². The lowest BCUT2D eigenvalue weighted by Crippen LogP contribution is -2.38. The molecule has 4 rings (SSSR count). The van der Waals surface area contributed by atoms with Crippen molar-refractivity contribution in [3.05, 3.63) is 126 Å². The van der Waals surface area contributed by atoms with E-state index in [4.69, 9.17) is 4.74 Å². The molecule has 0 unspecified atom stereocenters. The van der Waals surface area contributed by atoms with Crippen molar-refractivity contribution in [1.29, 1.82) is 0 Å². The number of ether oxygens (including phenoxy) is 1. The van der Waals surface area contributed by atoms with Gasteiger partial charge in [-0.3, -0.25) is 0 Å². The molecule has 2 amide bonds. The molecule has 0 radical (unpaired) electrons. The van der Waals surface area contributed by atoms with Crippen molar-refractivity contribution in [1.82, 2.24) is 15.6 Å². The highest BCUT2D eigenvalue weighted by Crippen LogP contribution is 2.22. The SMILES string of the molecule is O=C(NCc1cccc(Oc2ccccn2)c1)NC(c1ccccc1)c1ccccc1. The minimum absolute atomic E-state index is 0.235. The molecule has 0 aliphatic carbocycles. The van der Waals surface area contributed by atoms with Crippen LogP contribution in [0.15, 0.2) is 109 Å². The number of nitrogens with zero attached hydrogens (tertiary/aromatic N) is 1. The van der Waals surface area contributed by atoms with Gasteiger partial charge in [0.1, 0.15) is 5.75 Å². The Labute approximate surface area is 181 Å². The zero-order valence-corrected chi connectivity index (χ0v) is 16.9. The number of nitrogens with one attached hydrogen (secondary N) is 2. The van der Waals surface area contributed by atoms with Crippen LogP contribution in [-0.2, 0) is 6.54 Å². The Morgan fingerprint density at radius 3 is 2.13 bits per heavy atom. The number of carbonyl (C=O) groups excluding carboxylic acids is 1. The van der Waals surface area contributed by atoms with Crippen LogP contribution in [-0.4, -0.2) is 11.0 Å². The number of urea groups is 1. The van der Waals surface area contributed by atoms with E-state index < -0.39 is 0 Å². The summed E-state index contributed by atoms with van der Waals surface area (Å²) in [7, 11) is 0. The first-order valence-corrected chi connectivity index (χ1v) is 10.1. The summed E-state index contributed by atoms with van der Waals surface area (Å²) < 4.78 is 5.77. The summed E-state index contributed by atoms with van der Waals surface area (Å²) >= 11 is 0. The van der Waals surface area contributed by atoms with E-state index in [9.17, 15) is 4.79 Å². The van der Waals surface area contributed by atoms with Crippen molar-refractivity contribution < 1.29 is 9.53 Å². The van der Waals surface area contributed by atoms with Crippen LogP contribution in [0.2, 0.25) is 0 Å². The van der Waals surface area contributed by atoms with E-state index in [1.807, 2.05) is 97.1 Å². The van der Waals surface area contributed by atoms with Crippen molar-refractivity contribution in [3.63, 3.8) is 0 Å². The predicted octanol–water partition coefficient (Wildman–Crippen LogP) is 5.46. The third-order valence-electron chi connectivity index (χ3n) is 4.75. The third-order valence-corrected chi connectivity index (χ3v) is 4.75. The zero-order valence-electron chi connectivity index (χ0n) is 16.9. The van der Waals surface area contributed by atoms with Gasteiger partial charge in [0.15, 0.2) is 0 Å². The third kappa shape index (κ3) is 5.70. The molecule has 0 aliphatic rings. The molecule has 0 bridgehead atoms. The van der Waals surface area contributed by atoms with E-state index in [0.29, 0.717) is 18.2 Å². The highest BCUT2D eigenvalue weighted by atomic mass is 16.5. The van der Waals surface area contributed by atoms with E-state index in [2.05, 4.69) is 15.6 Å². The summed E-state index contributed by atoms with van der Waals surface area (Å²) in [5.41, 5.74) is 2.98. The Bertz CT molecular complexity index is 1060. The average molecular weight is 409 g/mol. The minimum atomic E-state index is -0.242. The fourth-order valence-corrected chi connectivity index (χ4v) is 3.26. The summed E-state index contributed by atoms with van der Waals surface area (Å²) in [5, 5.41) is 6.02. The van der Waals surface area contributed by atoms with Crippen LogP contribution in [0.1, 0.15) is 22.7 Å². The van der Waals surface area contributed by atoms with Crippen molar-refractivity contribution in [2.45, 2.75) is 12.6 Å². The van der Waals surface area contributed by atoms with Crippen molar-refractivity contribution >= 4 is 6.03 Å². The summed E-state index contributed by atoms with van der Waals surface area (Å²) in [6.07, 6.45) is 1.68. The molecule has 4 aromatic rings. The average Bonchev–Trinajstić information content (AvgIpc) is 2.83. The van der Waals surface area contributed by atoms with Crippen LogP contribution in [0.4, 0.5) is 4.79 Å². The van der Waals surface area contributed by atoms with Gasteiger partial charge in [0.05, 0.1) is 6.04 Å². The summed E-state index contributed by atoms with van der Waals surface area (Å²) in [6.45, 7) is 0.377. The van der Waals surface area contributed by atoms with E-state index in [1.54, 1.807) is 12.3 Å². The topological polar surface area (TPSA) is 63.2 Å². The van der Waals surface area contributed by atoms with Gasteiger partial charge in [-0.25, -0.2) is 9.78 Å². The molecule has 0 saturated heterocycles. The molecular formula is C26H23N3O2. The molecule has 31 heavy (non-hydrogen) atoms. The second-order valence-electron chi connectivity index (χ2n) is 7.00. The number of amides is 2. The van der Waals surface area contributed by atoms with Gasteiger partial charge in [0.2, 0.25) is 5.88 Å². The lowest BCUT2D eigenvalue weighted by atomic mass is 9.99. The minimum Gasteiger partial charge on any atom is -0.439 e. The second-order valence-corrected chi connectivity index (χ2v) is 7.00. The Morgan fingerprint density at radius 1 is 0.806 bits per heavy atom. The van der Waals surface area contributed by atoms with Crippen LogP contribution >= 0.6 is 0 Å². The second kappa shape index (κ2) is 10.1. The molecule has 2 N–H and O–H groups in total. The lowest BCUT2D eigenvalue weighted by Gasteiger charge is -2.20. The van der Waals surface area contributed by atoms with Gasteiger partial charge < -0.3 is 15.4 Å². The highest BCUT2D eigenvalue weighted by molar-refractivity contribution is 5.75. The first-order chi connectivity index (χ1) is 15.3. The van der Waals surface area contributed by atoms with Crippen LogP contribution < -0.4 is 15.4 Å². The largest absolute Gasteiger partial charge is 0.439 e. The van der Waals surface area contributed by atoms with E-state index in [0.717, 1.165) is 16.7 Å². The summed E-state index contributed by atoms with van der Waals surface area (Å²) in [5.74, 6) is 1.20. The number of hydrogen-bond donors (Lipinski definition) is 2. The van der Waals surface area contributed by atoms with Crippen LogP contribution in [0.3, 0.4) is 0 Å². The van der Waals surface area contributed by atoms with Crippen molar-refractivity contribution in [2.75, 3.05) is 0 Å². The van der Waals surface area contributed by atoms with Crippen LogP contribution in [0.5, 0.6) is 11.6 Å². The number of pyridine rings is 1. The monoisotopic (exact) mass is 409 g/mol. The van der Waals surface area contributed by atoms with Crippen molar-refractivity contribution in [2.24, 2.45) is 0 Å². The predicted molar refractivity (Wildman–Crippen MR) is 121 cm³/mol. The van der Waals surface area contributed by atoms with Gasteiger partial charge in [0.25, 0.3) is 0 Å². The molecule has 1 aromatic heterocycles. The van der Waals surface area contributed by atoms with E-state index in [-0.39, 0.29) is 12.1 Å². The summed E-state index contributed by atoms with van der Waals surface area (Å²) in [6, 6.07) is 32.5. The Kier molecular flexibility index (Phi) is 6.55. The molecular weight excluding hydrogens is 386 g/mol. The maximum atomic E-state index is 12.7. The Hall–Kier alpha value is -4.12. The maximum Gasteiger partial charge on any atom is 0.315 e. The molecule has 5 nitrogen and oxygen atoms in total. The molecule has 1 heterocycles. The fourth-order valence-electron chi connectivity index (χ4n) is 3.26. The normalized spacial score (nSPS) is 10.5. The molecule has 0 aliphatic heterocycles. The first-order valence-electron chi connectivity index (χ1n) is 10.1. The number of aromatic nitrogens is 1. The van der Waals surface area contributed by atoms with Crippen LogP contribution in [0, 0.1) is 0 Å². The Balaban J connectivity index is 1.40. The molecule has 0 atom stereocenters. The van der Waals surface area contributed by atoms with Crippen LogP contribution in [0.25, 0.3) is 0 Å². The smallest absolute Gasteiger partial charge is 0.315 e. The first kappa shape index (κ1) is 20.2. The molecule has 3 aromatic carbocycles. The zero-order chi connectivity index (χ0) is 21.3. The van der Waals surface area contributed by atoms with E-state index >= 15 is 0 Å². The number of rotatable bonds is 7. The molecule has 0 fully saturated rings. The molecule has 0 saturated carbocycles. The standard InChI is InChI=1S/C26H23N3O2/c30-26(29-25(21-11-3-1-4-12-21)22-13-5-2-6-14-22)28-19-20-10-9-15-23(18-20)31-24-16-7-8-17-27-24/h1-18,25H,19H2,(H2,28,29,30). The van der Waals surface area contributed by atoms with Gasteiger partial charge in [-0.2, -0.15) is 0 Å². The number of benzene rings is 3. The lowest BCUT2D eigenvalue weighted by molar-refractivity contribution is 0.238. The van der Waals surface area contributed by atoms with Gasteiger partial charge in [-0.1, -0.05) is 78.9 Å². The quantitative estimate of drug-likeness (QED) is 0.426. The number of hydrogen-bond acceptors (Lipinski definition) is 3. The molecule has 154 valence electrons. The van der Waals surface area contributed by atoms with Gasteiger partial charge in [-0.05, 0) is 34.9 Å². The molecule has 0 spiro atoms. The highest BCUT2D eigenvalue weighted by Gasteiger charge is 2.16. The van der Waals surface area contributed by atoms with Gasteiger partial charge in [0, 0.05) is 18.8 Å². The fraction of sp³-hybridized carbons (Fsp3) is 0.0769. The van der Waals surface area contributed by atoms with Crippen molar-refractivity contribution in [3.8, 4) is 11.6 Å². The summed E-state index contributed by atoms with van der Waals surface area (Å²) in [4.78, 5) is 16.9. The maximum absolute atomic E-state index is 12.7.